The largest absolute Gasteiger partial charge is 0.308 e. The number of nitrogens with zero attached hydrogens (tertiary/aromatic N) is 3. The molecule has 0 fully saturated rings. The molecule has 0 aliphatic heterocycles. The lowest BCUT2D eigenvalue weighted by molar-refractivity contribution is 0.0984. The third kappa shape index (κ3) is 4.95. The highest BCUT2D eigenvalue weighted by atomic mass is 127. The third-order valence-corrected chi connectivity index (χ3v) is 6.17. The standard InChI is InChI=1S/C18H17BrIN3OS.ClH/c1-22(2)9-10-23(17(24)13-5-3-4-6-14(13)20)18-21-15-8-7-12(19)11-16(15)25-18;/h3-8,11H,9-10H2,1-2H3;1H. The van der Waals surface area contributed by atoms with Gasteiger partial charge in [0.05, 0.1) is 15.8 Å². The fourth-order valence-electron chi connectivity index (χ4n) is 2.37. The molecule has 0 atom stereocenters. The van der Waals surface area contributed by atoms with Gasteiger partial charge >= 0.3 is 0 Å². The number of hydrogen-bond acceptors (Lipinski definition) is 4. The van der Waals surface area contributed by atoms with Gasteiger partial charge in [-0.3, -0.25) is 9.69 Å². The van der Waals surface area contributed by atoms with Crippen LogP contribution in [0.15, 0.2) is 46.9 Å². The van der Waals surface area contributed by atoms with Crippen LogP contribution in [0.5, 0.6) is 0 Å². The summed E-state index contributed by atoms with van der Waals surface area (Å²) in [6.45, 7) is 1.37. The van der Waals surface area contributed by atoms with E-state index in [1.165, 1.54) is 0 Å². The molecule has 3 aromatic rings. The van der Waals surface area contributed by atoms with Crippen LogP contribution in [0.4, 0.5) is 5.13 Å². The summed E-state index contributed by atoms with van der Waals surface area (Å²) in [5.74, 6) is -0.00929. The number of benzene rings is 2. The van der Waals surface area contributed by atoms with Crippen LogP contribution in [0.1, 0.15) is 10.4 Å². The number of fused-ring (bicyclic) bond motifs is 1. The molecule has 138 valence electrons. The quantitative estimate of drug-likeness (QED) is 0.394. The van der Waals surface area contributed by atoms with Crippen LogP contribution in [-0.2, 0) is 0 Å². The molecule has 1 amide bonds. The fourth-order valence-corrected chi connectivity index (χ4v) is 4.53. The molecule has 0 aliphatic carbocycles. The van der Waals surface area contributed by atoms with Crippen molar-refractivity contribution in [3.8, 4) is 0 Å². The molecule has 0 saturated heterocycles. The summed E-state index contributed by atoms with van der Waals surface area (Å²) in [7, 11) is 4.01. The van der Waals surface area contributed by atoms with Crippen molar-refractivity contribution >= 4 is 83.5 Å². The predicted octanol–water partition coefficient (Wildman–Crippen LogP) is 5.29. The van der Waals surface area contributed by atoms with Gasteiger partial charge in [-0.1, -0.05) is 39.4 Å². The van der Waals surface area contributed by atoms with E-state index in [1.807, 2.05) is 56.6 Å². The van der Waals surface area contributed by atoms with Crippen LogP contribution >= 0.6 is 62.3 Å². The number of halogens is 3. The number of carbonyl (C=O) groups is 1. The lowest BCUT2D eigenvalue weighted by atomic mass is 10.2. The van der Waals surface area contributed by atoms with Gasteiger partial charge in [-0.15, -0.1) is 12.4 Å². The average molecular weight is 567 g/mol. The Hall–Kier alpha value is -0.740. The second-order valence-electron chi connectivity index (χ2n) is 5.85. The first kappa shape index (κ1) is 21.6. The molecule has 2 aromatic carbocycles. The topological polar surface area (TPSA) is 36.4 Å². The number of anilines is 1. The van der Waals surface area contributed by atoms with Crippen molar-refractivity contribution in [1.29, 1.82) is 0 Å². The van der Waals surface area contributed by atoms with E-state index >= 15 is 0 Å². The van der Waals surface area contributed by atoms with Crippen molar-refractivity contribution in [3.05, 3.63) is 56.1 Å². The zero-order valence-corrected chi connectivity index (χ0v) is 19.7. The van der Waals surface area contributed by atoms with E-state index in [1.54, 1.807) is 16.2 Å². The van der Waals surface area contributed by atoms with Gasteiger partial charge in [-0.05, 0) is 67.0 Å². The van der Waals surface area contributed by atoms with Gasteiger partial charge in [-0.25, -0.2) is 4.98 Å². The Morgan fingerprint density at radius 1 is 1.19 bits per heavy atom. The average Bonchev–Trinajstić information content (AvgIpc) is 2.97. The lowest BCUT2D eigenvalue weighted by Gasteiger charge is -2.22. The molecule has 4 nitrogen and oxygen atoms in total. The first-order valence-electron chi connectivity index (χ1n) is 7.73. The molecule has 0 aliphatic rings. The van der Waals surface area contributed by atoms with Gasteiger partial charge in [0.15, 0.2) is 5.13 Å². The summed E-state index contributed by atoms with van der Waals surface area (Å²) in [5, 5.41) is 0.736. The smallest absolute Gasteiger partial charge is 0.261 e. The Labute approximate surface area is 185 Å². The fraction of sp³-hybridized carbons (Fsp3) is 0.222. The Bertz CT molecular complexity index is 918. The molecule has 0 spiro atoms. The van der Waals surface area contributed by atoms with E-state index in [0.717, 1.165) is 29.9 Å². The summed E-state index contributed by atoms with van der Waals surface area (Å²) in [6.07, 6.45) is 0. The molecule has 1 heterocycles. The number of carbonyl (C=O) groups excluding carboxylic acids is 1. The van der Waals surface area contributed by atoms with E-state index in [-0.39, 0.29) is 18.3 Å². The van der Waals surface area contributed by atoms with Gasteiger partial charge in [0.2, 0.25) is 0 Å². The highest BCUT2D eigenvalue weighted by Crippen LogP contribution is 2.32. The normalized spacial score (nSPS) is 10.8. The minimum absolute atomic E-state index is 0. The molecule has 8 heteroatoms. The summed E-state index contributed by atoms with van der Waals surface area (Å²) < 4.78 is 3.03. The Balaban J connectivity index is 0.00000243. The molecular formula is C18H18BrClIN3OS. The summed E-state index contributed by atoms with van der Waals surface area (Å²) in [5.41, 5.74) is 1.62. The molecule has 3 rings (SSSR count). The number of hydrogen-bond donors (Lipinski definition) is 0. The minimum Gasteiger partial charge on any atom is -0.308 e. The van der Waals surface area contributed by atoms with Crippen molar-refractivity contribution < 1.29 is 4.79 Å². The Morgan fingerprint density at radius 2 is 1.92 bits per heavy atom. The molecule has 1 aromatic heterocycles. The Kier molecular flexibility index (Phi) is 7.84. The van der Waals surface area contributed by atoms with Gasteiger partial charge in [-0.2, -0.15) is 0 Å². The van der Waals surface area contributed by atoms with Crippen LogP contribution < -0.4 is 4.90 Å². The molecule has 0 N–H and O–H groups in total. The van der Waals surface area contributed by atoms with Gasteiger partial charge in [0, 0.05) is 21.1 Å². The maximum atomic E-state index is 13.2. The zero-order chi connectivity index (χ0) is 18.0. The van der Waals surface area contributed by atoms with Crippen LogP contribution in [-0.4, -0.2) is 43.0 Å². The second kappa shape index (κ2) is 9.45. The van der Waals surface area contributed by atoms with Crippen molar-refractivity contribution in [1.82, 2.24) is 9.88 Å². The van der Waals surface area contributed by atoms with Crippen LogP contribution in [0, 0.1) is 3.57 Å². The van der Waals surface area contributed by atoms with Crippen LogP contribution in [0.2, 0.25) is 0 Å². The third-order valence-electron chi connectivity index (χ3n) is 3.69. The monoisotopic (exact) mass is 565 g/mol. The lowest BCUT2D eigenvalue weighted by Crippen LogP contribution is -2.37. The van der Waals surface area contributed by atoms with Crippen LogP contribution in [0.25, 0.3) is 10.2 Å². The van der Waals surface area contributed by atoms with E-state index < -0.39 is 0 Å². The SMILES string of the molecule is CN(C)CCN(C(=O)c1ccccc1I)c1nc2ccc(Br)cc2s1.Cl. The molecule has 0 unspecified atom stereocenters. The van der Waals surface area contributed by atoms with Crippen molar-refractivity contribution in [2.24, 2.45) is 0 Å². The van der Waals surface area contributed by atoms with Crippen molar-refractivity contribution in [3.63, 3.8) is 0 Å². The Morgan fingerprint density at radius 3 is 2.62 bits per heavy atom. The summed E-state index contributed by atoms with van der Waals surface area (Å²) in [4.78, 5) is 21.7. The maximum absolute atomic E-state index is 13.2. The molecular weight excluding hydrogens is 549 g/mol. The molecule has 0 radical (unpaired) electrons. The van der Waals surface area contributed by atoms with E-state index in [9.17, 15) is 4.79 Å². The summed E-state index contributed by atoms with van der Waals surface area (Å²) in [6, 6.07) is 13.6. The second-order valence-corrected chi connectivity index (χ2v) is 8.94. The van der Waals surface area contributed by atoms with E-state index in [4.69, 9.17) is 4.98 Å². The number of thiazole rings is 1. The highest BCUT2D eigenvalue weighted by Gasteiger charge is 2.22. The summed E-state index contributed by atoms with van der Waals surface area (Å²) >= 11 is 7.25. The predicted molar refractivity (Wildman–Crippen MR) is 124 cm³/mol. The van der Waals surface area contributed by atoms with Crippen LogP contribution in [0.3, 0.4) is 0 Å². The number of rotatable bonds is 5. The number of amides is 1. The van der Waals surface area contributed by atoms with Crippen molar-refractivity contribution in [2.75, 3.05) is 32.1 Å². The number of aromatic nitrogens is 1. The van der Waals surface area contributed by atoms with Gasteiger partial charge in [0.1, 0.15) is 0 Å². The van der Waals surface area contributed by atoms with E-state index in [0.29, 0.717) is 12.1 Å². The molecule has 26 heavy (non-hydrogen) atoms. The zero-order valence-electron chi connectivity index (χ0n) is 14.3. The molecule has 0 saturated carbocycles. The van der Waals surface area contributed by atoms with Gasteiger partial charge < -0.3 is 4.90 Å². The first-order valence-corrected chi connectivity index (χ1v) is 10.4. The minimum atomic E-state index is -0.00929. The maximum Gasteiger partial charge on any atom is 0.261 e. The number of likely N-dealkylation sites (N-methyl/N-ethyl adjacent to an activating group) is 1. The van der Waals surface area contributed by atoms with Gasteiger partial charge in [0.25, 0.3) is 5.91 Å². The van der Waals surface area contributed by atoms with E-state index in [2.05, 4.69) is 43.4 Å². The van der Waals surface area contributed by atoms with Crippen molar-refractivity contribution in [2.45, 2.75) is 0 Å². The highest BCUT2D eigenvalue weighted by molar-refractivity contribution is 14.1. The first-order chi connectivity index (χ1) is 12.0. The molecule has 0 bridgehead atoms.